The van der Waals surface area contributed by atoms with E-state index in [1.54, 1.807) is 12.3 Å². The Balaban J connectivity index is 1.68. The SMILES string of the molecule is O=C(c1ccnnc1)N1CCCO[C@H](Cn2cccn2)C1. The number of ether oxygens (including phenoxy) is 1. The Kier molecular flexibility index (Phi) is 4.20. The lowest BCUT2D eigenvalue weighted by atomic mass is 10.2. The van der Waals surface area contributed by atoms with Crippen molar-refractivity contribution >= 4 is 5.91 Å². The van der Waals surface area contributed by atoms with Crippen LogP contribution in [0.3, 0.4) is 0 Å². The van der Waals surface area contributed by atoms with Crippen LogP contribution in [-0.4, -0.2) is 56.6 Å². The van der Waals surface area contributed by atoms with Gasteiger partial charge in [-0.25, -0.2) is 0 Å². The summed E-state index contributed by atoms with van der Waals surface area (Å²) in [7, 11) is 0. The van der Waals surface area contributed by atoms with E-state index in [9.17, 15) is 4.79 Å². The van der Waals surface area contributed by atoms with Gasteiger partial charge in [-0.2, -0.15) is 15.3 Å². The molecule has 3 rings (SSSR count). The summed E-state index contributed by atoms with van der Waals surface area (Å²) in [6, 6.07) is 3.56. The molecule has 0 saturated carbocycles. The van der Waals surface area contributed by atoms with Crippen molar-refractivity contribution in [2.24, 2.45) is 0 Å². The van der Waals surface area contributed by atoms with Crippen LogP contribution in [0.5, 0.6) is 0 Å². The molecular weight excluding hydrogens is 270 g/mol. The average molecular weight is 287 g/mol. The van der Waals surface area contributed by atoms with E-state index in [4.69, 9.17) is 4.74 Å². The number of nitrogens with zero attached hydrogens (tertiary/aromatic N) is 5. The Morgan fingerprint density at radius 3 is 3.10 bits per heavy atom. The summed E-state index contributed by atoms with van der Waals surface area (Å²) < 4.78 is 7.64. The average Bonchev–Trinajstić information content (AvgIpc) is 2.92. The predicted octanol–water partition coefficient (Wildman–Crippen LogP) is 0.604. The maximum absolute atomic E-state index is 12.5. The standard InChI is InChI=1S/C14H17N5O2/c20-14(12-3-5-15-16-9-12)18-6-2-8-21-13(10-18)11-19-7-1-4-17-19/h1,3-5,7,9,13H,2,6,8,10-11H2/t13-/m0/s1. The van der Waals surface area contributed by atoms with Crippen molar-refractivity contribution in [3.63, 3.8) is 0 Å². The molecule has 0 unspecified atom stereocenters. The number of carbonyl (C=O) groups excluding carboxylic acids is 1. The van der Waals surface area contributed by atoms with E-state index in [0.717, 1.165) is 6.42 Å². The van der Waals surface area contributed by atoms with Gasteiger partial charge in [0.2, 0.25) is 0 Å². The minimum Gasteiger partial charge on any atom is -0.374 e. The molecule has 0 aliphatic carbocycles. The highest BCUT2D eigenvalue weighted by molar-refractivity contribution is 5.93. The van der Waals surface area contributed by atoms with E-state index in [1.807, 2.05) is 21.8 Å². The molecular formula is C14H17N5O2. The predicted molar refractivity (Wildman–Crippen MR) is 74.5 cm³/mol. The first kappa shape index (κ1) is 13.7. The molecule has 21 heavy (non-hydrogen) atoms. The molecule has 1 atom stereocenters. The van der Waals surface area contributed by atoms with Crippen LogP contribution >= 0.6 is 0 Å². The Labute approximate surface area is 122 Å². The third kappa shape index (κ3) is 3.43. The molecule has 110 valence electrons. The van der Waals surface area contributed by atoms with E-state index in [-0.39, 0.29) is 12.0 Å². The first-order valence-electron chi connectivity index (χ1n) is 6.98. The van der Waals surface area contributed by atoms with Gasteiger partial charge in [-0.15, -0.1) is 0 Å². The van der Waals surface area contributed by atoms with Gasteiger partial charge in [0.15, 0.2) is 0 Å². The second-order valence-electron chi connectivity index (χ2n) is 4.96. The molecule has 1 aliphatic rings. The van der Waals surface area contributed by atoms with Crippen LogP contribution in [0.2, 0.25) is 0 Å². The molecule has 0 aromatic carbocycles. The largest absolute Gasteiger partial charge is 0.374 e. The van der Waals surface area contributed by atoms with Crippen molar-refractivity contribution in [1.29, 1.82) is 0 Å². The topological polar surface area (TPSA) is 73.1 Å². The molecule has 7 heteroatoms. The maximum atomic E-state index is 12.5. The highest BCUT2D eigenvalue weighted by Gasteiger charge is 2.24. The molecule has 1 fully saturated rings. The smallest absolute Gasteiger partial charge is 0.255 e. The number of aromatic nitrogens is 4. The van der Waals surface area contributed by atoms with Crippen molar-refractivity contribution in [2.45, 2.75) is 19.1 Å². The highest BCUT2D eigenvalue weighted by atomic mass is 16.5. The zero-order chi connectivity index (χ0) is 14.5. The minimum absolute atomic E-state index is 0.0270. The lowest BCUT2D eigenvalue weighted by Crippen LogP contribution is -2.38. The highest BCUT2D eigenvalue weighted by Crippen LogP contribution is 2.11. The van der Waals surface area contributed by atoms with Gasteiger partial charge in [0.05, 0.1) is 30.6 Å². The van der Waals surface area contributed by atoms with Gasteiger partial charge in [-0.05, 0) is 18.6 Å². The zero-order valence-corrected chi connectivity index (χ0v) is 11.6. The van der Waals surface area contributed by atoms with Crippen LogP contribution in [0.15, 0.2) is 36.9 Å². The van der Waals surface area contributed by atoms with Crippen LogP contribution in [0.1, 0.15) is 16.8 Å². The number of rotatable bonds is 3. The van der Waals surface area contributed by atoms with Crippen molar-refractivity contribution in [1.82, 2.24) is 24.9 Å². The monoisotopic (exact) mass is 287 g/mol. The summed E-state index contributed by atoms with van der Waals surface area (Å²) in [5, 5.41) is 11.6. The summed E-state index contributed by atoms with van der Waals surface area (Å²) in [6.45, 7) is 2.55. The van der Waals surface area contributed by atoms with E-state index in [2.05, 4.69) is 15.3 Å². The van der Waals surface area contributed by atoms with Crippen LogP contribution in [0, 0.1) is 0 Å². The number of amides is 1. The van der Waals surface area contributed by atoms with Gasteiger partial charge in [0.25, 0.3) is 5.91 Å². The van der Waals surface area contributed by atoms with Gasteiger partial charge < -0.3 is 9.64 Å². The second kappa shape index (κ2) is 6.45. The molecule has 1 saturated heterocycles. The fourth-order valence-electron chi connectivity index (χ4n) is 2.41. The zero-order valence-electron chi connectivity index (χ0n) is 11.6. The Morgan fingerprint density at radius 1 is 1.38 bits per heavy atom. The van der Waals surface area contributed by atoms with Crippen molar-refractivity contribution in [2.75, 3.05) is 19.7 Å². The number of carbonyl (C=O) groups is 1. The van der Waals surface area contributed by atoms with Crippen LogP contribution in [0.25, 0.3) is 0 Å². The molecule has 0 bridgehead atoms. The van der Waals surface area contributed by atoms with Gasteiger partial charge >= 0.3 is 0 Å². The molecule has 3 heterocycles. The molecule has 2 aromatic heterocycles. The van der Waals surface area contributed by atoms with E-state index >= 15 is 0 Å². The van der Waals surface area contributed by atoms with Crippen LogP contribution < -0.4 is 0 Å². The normalized spacial score (nSPS) is 19.2. The van der Waals surface area contributed by atoms with E-state index in [1.165, 1.54) is 12.4 Å². The molecule has 0 radical (unpaired) electrons. The number of hydrogen-bond donors (Lipinski definition) is 0. The van der Waals surface area contributed by atoms with Gasteiger partial charge in [-0.1, -0.05) is 0 Å². The van der Waals surface area contributed by atoms with Crippen molar-refractivity contribution in [3.05, 3.63) is 42.5 Å². The third-order valence-corrected chi connectivity index (χ3v) is 3.42. The Bertz CT molecular complexity index is 572. The Morgan fingerprint density at radius 2 is 2.33 bits per heavy atom. The second-order valence-corrected chi connectivity index (χ2v) is 4.96. The molecule has 2 aromatic rings. The molecule has 1 aliphatic heterocycles. The molecule has 0 N–H and O–H groups in total. The minimum atomic E-state index is -0.0499. The third-order valence-electron chi connectivity index (χ3n) is 3.42. The fourth-order valence-corrected chi connectivity index (χ4v) is 2.41. The van der Waals surface area contributed by atoms with Gasteiger partial charge in [0.1, 0.15) is 0 Å². The molecule has 7 nitrogen and oxygen atoms in total. The first-order chi connectivity index (χ1) is 10.3. The van der Waals surface area contributed by atoms with Crippen molar-refractivity contribution < 1.29 is 9.53 Å². The maximum Gasteiger partial charge on any atom is 0.255 e. The summed E-state index contributed by atoms with van der Waals surface area (Å²) in [4.78, 5) is 14.3. The quantitative estimate of drug-likeness (QED) is 0.826. The van der Waals surface area contributed by atoms with Gasteiger partial charge in [0, 0.05) is 32.1 Å². The summed E-state index contributed by atoms with van der Waals surface area (Å²) >= 11 is 0. The number of hydrogen-bond acceptors (Lipinski definition) is 5. The van der Waals surface area contributed by atoms with Crippen LogP contribution in [0.4, 0.5) is 0 Å². The fraction of sp³-hybridized carbons (Fsp3) is 0.429. The lowest BCUT2D eigenvalue weighted by Gasteiger charge is -2.23. The summed E-state index contributed by atoms with van der Waals surface area (Å²) in [5.41, 5.74) is 0.560. The van der Waals surface area contributed by atoms with Crippen LogP contribution in [-0.2, 0) is 11.3 Å². The van der Waals surface area contributed by atoms with Crippen molar-refractivity contribution in [3.8, 4) is 0 Å². The van der Waals surface area contributed by atoms with Gasteiger partial charge in [-0.3, -0.25) is 9.48 Å². The Hall–Kier alpha value is -2.28. The van der Waals surface area contributed by atoms with E-state index in [0.29, 0.717) is 31.8 Å². The molecule has 1 amide bonds. The van der Waals surface area contributed by atoms with E-state index < -0.39 is 0 Å². The summed E-state index contributed by atoms with van der Waals surface area (Å²) in [5.74, 6) is -0.0270. The molecule has 0 spiro atoms. The lowest BCUT2D eigenvalue weighted by molar-refractivity contribution is 0.0367. The summed E-state index contributed by atoms with van der Waals surface area (Å²) in [6.07, 6.45) is 7.44. The first-order valence-corrected chi connectivity index (χ1v) is 6.98.